The first-order chi connectivity index (χ1) is 6.90. The van der Waals surface area contributed by atoms with Gasteiger partial charge in [0, 0.05) is 6.42 Å². The third-order valence-corrected chi connectivity index (χ3v) is 1.10. The second kappa shape index (κ2) is 10.6. The van der Waals surface area contributed by atoms with Crippen molar-refractivity contribution in [1.29, 1.82) is 0 Å². The molecule has 0 aromatic carbocycles. The Kier molecular flexibility index (Phi) is 11.3. The van der Waals surface area contributed by atoms with Crippen LogP contribution in [0.3, 0.4) is 0 Å². The Morgan fingerprint density at radius 3 is 1.60 bits per heavy atom. The molecule has 0 heterocycles. The van der Waals surface area contributed by atoms with E-state index in [2.05, 4.69) is 4.89 Å². The summed E-state index contributed by atoms with van der Waals surface area (Å²) in [6, 6.07) is 0. The van der Waals surface area contributed by atoms with Crippen molar-refractivity contribution in [2.75, 3.05) is 6.61 Å². The Bertz CT molecular complexity index is 197. The zero-order chi connectivity index (χ0) is 12.3. The van der Waals surface area contributed by atoms with Crippen LogP contribution in [-0.2, 0) is 19.3 Å². The Hall–Kier alpha value is -1.47. The van der Waals surface area contributed by atoms with Crippen molar-refractivity contribution in [2.24, 2.45) is 0 Å². The van der Waals surface area contributed by atoms with Crippen LogP contribution in [0.25, 0.3) is 0 Å². The summed E-state index contributed by atoms with van der Waals surface area (Å²) in [5.41, 5.74) is 0. The van der Waals surface area contributed by atoms with Crippen molar-refractivity contribution in [3.8, 4) is 0 Å². The molecule has 0 spiro atoms. The molecular formula is C8H14O7. The number of Topliss-reactive ketones (excluding diaryl/α,β-unsaturated/α-hetero) is 1. The van der Waals surface area contributed by atoms with Gasteiger partial charge in [0.1, 0.15) is 5.78 Å². The van der Waals surface area contributed by atoms with E-state index in [1.165, 1.54) is 6.92 Å². The zero-order valence-corrected chi connectivity index (χ0v) is 8.30. The molecule has 3 N–H and O–H groups in total. The molecule has 7 heteroatoms. The van der Waals surface area contributed by atoms with Crippen LogP contribution in [-0.4, -0.2) is 39.8 Å². The van der Waals surface area contributed by atoms with Gasteiger partial charge in [0.25, 0.3) is 0 Å². The molecule has 0 bridgehead atoms. The number of rotatable bonds is 6. The van der Waals surface area contributed by atoms with E-state index in [1.54, 1.807) is 0 Å². The highest BCUT2D eigenvalue weighted by atomic mass is 17.1. The fourth-order valence-electron chi connectivity index (χ4n) is 0.416. The maximum atomic E-state index is 10.1. The highest BCUT2D eigenvalue weighted by Gasteiger charge is 1.97. The third-order valence-electron chi connectivity index (χ3n) is 1.10. The zero-order valence-electron chi connectivity index (χ0n) is 8.30. The molecule has 0 radical (unpaired) electrons. The summed E-state index contributed by atoms with van der Waals surface area (Å²) in [6.07, 6.45) is -0.0544. The molecular weight excluding hydrogens is 208 g/mol. The molecule has 15 heavy (non-hydrogen) atoms. The average molecular weight is 222 g/mol. The molecule has 0 atom stereocenters. The van der Waals surface area contributed by atoms with Gasteiger partial charge in [-0.2, -0.15) is 0 Å². The van der Waals surface area contributed by atoms with E-state index in [1.807, 2.05) is 0 Å². The minimum absolute atomic E-state index is 0.0463. The van der Waals surface area contributed by atoms with E-state index in [9.17, 15) is 14.4 Å². The van der Waals surface area contributed by atoms with E-state index in [-0.39, 0.29) is 31.7 Å². The minimum Gasteiger partial charge on any atom is -0.481 e. The monoisotopic (exact) mass is 222 g/mol. The lowest BCUT2D eigenvalue weighted by atomic mass is 10.2. The Labute approximate surface area is 86.2 Å². The number of carboxylic acid groups (broad SMARTS) is 2. The smallest absolute Gasteiger partial charge is 0.305 e. The Balaban J connectivity index is 0. The molecule has 0 amide bonds. The SMILES string of the molecule is CC(=O)CCC(=O)O.O=C(O)CCOO. The van der Waals surface area contributed by atoms with Crippen LogP contribution in [0.5, 0.6) is 0 Å². The van der Waals surface area contributed by atoms with Crippen LogP contribution in [0.1, 0.15) is 26.2 Å². The standard InChI is InChI=1S/C5H8O3.C3H6O4/c1-4(6)2-3-5(7)8;4-3(5)1-2-7-6/h2-3H2,1H3,(H,7,8);6H,1-2H2,(H,4,5). The topological polar surface area (TPSA) is 121 Å². The van der Waals surface area contributed by atoms with Crippen LogP contribution in [0.4, 0.5) is 0 Å². The van der Waals surface area contributed by atoms with Gasteiger partial charge in [0.15, 0.2) is 0 Å². The Morgan fingerprint density at radius 1 is 1.00 bits per heavy atom. The number of carbonyl (C=O) groups excluding carboxylic acids is 1. The third kappa shape index (κ3) is 24.5. The van der Waals surface area contributed by atoms with Gasteiger partial charge in [-0.3, -0.25) is 14.8 Å². The molecule has 0 fully saturated rings. The van der Waals surface area contributed by atoms with E-state index in [0.29, 0.717) is 0 Å². The predicted molar refractivity (Wildman–Crippen MR) is 48.4 cm³/mol. The van der Waals surface area contributed by atoms with Crippen molar-refractivity contribution in [3.63, 3.8) is 0 Å². The second-order valence-electron chi connectivity index (χ2n) is 2.57. The van der Waals surface area contributed by atoms with Crippen molar-refractivity contribution < 1.29 is 34.7 Å². The van der Waals surface area contributed by atoms with Crippen molar-refractivity contribution in [2.45, 2.75) is 26.2 Å². The van der Waals surface area contributed by atoms with Gasteiger partial charge in [-0.1, -0.05) is 0 Å². The molecule has 7 nitrogen and oxygen atoms in total. The highest BCUT2D eigenvalue weighted by Crippen LogP contribution is 1.87. The molecule has 0 aromatic heterocycles. The normalized spacial score (nSPS) is 8.67. The first kappa shape index (κ1) is 16.0. The first-order valence-corrected chi connectivity index (χ1v) is 4.09. The summed E-state index contributed by atoms with van der Waals surface area (Å²) < 4.78 is 0. The number of aliphatic carboxylic acids is 2. The fraction of sp³-hybridized carbons (Fsp3) is 0.625. The lowest BCUT2D eigenvalue weighted by Crippen LogP contribution is -1.99. The molecule has 88 valence electrons. The molecule has 0 aliphatic carbocycles. The number of carbonyl (C=O) groups is 3. The van der Waals surface area contributed by atoms with Crippen LogP contribution in [0, 0.1) is 0 Å². The molecule has 0 saturated carbocycles. The molecule has 0 rings (SSSR count). The van der Waals surface area contributed by atoms with Crippen molar-refractivity contribution in [1.82, 2.24) is 0 Å². The van der Waals surface area contributed by atoms with Gasteiger partial charge in [-0.25, -0.2) is 4.89 Å². The first-order valence-electron chi connectivity index (χ1n) is 4.09. The summed E-state index contributed by atoms with van der Waals surface area (Å²) in [5, 5.41) is 23.4. The Morgan fingerprint density at radius 2 is 1.47 bits per heavy atom. The average Bonchev–Trinajstić information content (AvgIpc) is 2.12. The van der Waals surface area contributed by atoms with E-state index < -0.39 is 11.9 Å². The van der Waals surface area contributed by atoms with Crippen LogP contribution in [0.15, 0.2) is 0 Å². The highest BCUT2D eigenvalue weighted by molar-refractivity contribution is 5.80. The van der Waals surface area contributed by atoms with Gasteiger partial charge < -0.3 is 15.0 Å². The molecule has 0 saturated heterocycles. The summed E-state index contributed by atoms with van der Waals surface area (Å²) in [6.45, 7) is 1.23. The van der Waals surface area contributed by atoms with E-state index in [0.717, 1.165) is 0 Å². The summed E-state index contributed by atoms with van der Waals surface area (Å²) in [5.74, 6) is -1.97. The van der Waals surface area contributed by atoms with Crippen molar-refractivity contribution >= 4 is 17.7 Å². The number of carboxylic acids is 2. The number of hydrogen-bond acceptors (Lipinski definition) is 5. The van der Waals surface area contributed by atoms with E-state index >= 15 is 0 Å². The maximum Gasteiger partial charge on any atom is 0.305 e. The number of hydrogen-bond donors (Lipinski definition) is 3. The van der Waals surface area contributed by atoms with Crippen LogP contribution >= 0.6 is 0 Å². The summed E-state index contributed by atoms with van der Waals surface area (Å²) in [4.78, 5) is 32.9. The van der Waals surface area contributed by atoms with Crippen molar-refractivity contribution in [3.05, 3.63) is 0 Å². The molecule has 0 aliphatic rings. The lowest BCUT2D eigenvalue weighted by molar-refractivity contribution is -0.243. The largest absolute Gasteiger partial charge is 0.481 e. The lowest BCUT2D eigenvalue weighted by Gasteiger charge is -1.86. The quantitative estimate of drug-likeness (QED) is 0.439. The molecule has 0 unspecified atom stereocenters. The minimum atomic E-state index is -0.978. The van der Waals surface area contributed by atoms with E-state index in [4.69, 9.17) is 15.5 Å². The fourth-order valence-corrected chi connectivity index (χ4v) is 0.416. The number of ketones is 1. The summed E-state index contributed by atoms with van der Waals surface area (Å²) in [7, 11) is 0. The predicted octanol–water partition coefficient (Wildman–Crippen LogP) is 0.391. The van der Waals surface area contributed by atoms with Crippen LogP contribution < -0.4 is 0 Å². The summed E-state index contributed by atoms with van der Waals surface area (Å²) >= 11 is 0. The molecule has 0 aliphatic heterocycles. The van der Waals surface area contributed by atoms with Gasteiger partial charge in [0.2, 0.25) is 0 Å². The van der Waals surface area contributed by atoms with Gasteiger partial charge in [-0.15, -0.1) is 0 Å². The van der Waals surface area contributed by atoms with Crippen LogP contribution in [0.2, 0.25) is 0 Å². The van der Waals surface area contributed by atoms with Gasteiger partial charge in [0.05, 0.1) is 19.4 Å². The van der Waals surface area contributed by atoms with Gasteiger partial charge >= 0.3 is 11.9 Å². The maximum absolute atomic E-state index is 10.1. The second-order valence-corrected chi connectivity index (χ2v) is 2.57. The molecule has 0 aromatic rings. The van der Waals surface area contributed by atoms with Gasteiger partial charge in [-0.05, 0) is 6.92 Å².